The molecule has 0 radical (unpaired) electrons. The summed E-state index contributed by atoms with van der Waals surface area (Å²) in [6.45, 7) is 4.99. The van der Waals surface area contributed by atoms with Crippen molar-refractivity contribution in [1.82, 2.24) is 25.3 Å². The van der Waals surface area contributed by atoms with Gasteiger partial charge in [0.1, 0.15) is 11.3 Å². The van der Waals surface area contributed by atoms with Gasteiger partial charge in [-0.3, -0.25) is 9.78 Å². The third-order valence-electron chi connectivity index (χ3n) is 6.08. The van der Waals surface area contributed by atoms with Gasteiger partial charge in [-0.15, -0.1) is 5.10 Å². The van der Waals surface area contributed by atoms with Gasteiger partial charge in [-0.1, -0.05) is 29.5 Å². The Balaban J connectivity index is 1.64. The number of nitrogens with one attached hydrogen (secondary N) is 1. The Hall–Kier alpha value is -3.78. The number of aryl methyl sites for hydroxylation is 3. The Morgan fingerprint density at radius 2 is 1.97 bits per heavy atom. The Morgan fingerprint density at radius 3 is 2.73 bits per heavy atom. The van der Waals surface area contributed by atoms with Crippen molar-refractivity contribution in [3.8, 4) is 5.75 Å². The van der Waals surface area contributed by atoms with Crippen LogP contribution < -0.4 is 5.32 Å². The third-order valence-corrected chi connectivity index (χ3v) is 6.08. The number of hydrogen-bond donors (Lipinski definition) is 3. The molecular formula is C25H27N5O3. The van der Waals surface area contributed by atoms with Gasteiger partial charge in [0.15, 0.2) is 0 Å². The molecule has 2 aromatic heterocycles. The SMILES string of the molecule is Cc1ccc(C(CC(=O)O)c2ccc3c(nnn3C)c2C)cc1CNCc1ncccc1O. The highest BCUT2D eigenvalue weighted by atomic mass is 16.4. The van der Waals surface area contributed by atoms with Crippen LogP contribution in [0.3, 0.4) is 0 Å². The number of aliphatic carboxylic acids is 1. The molecule has 33 heavy (non-hydrogen) atoms. The number of carbonyl (C=O) groups is 1. The minimum Gasteiger partial charge on any atom is -0.506 e. The van der Waals surface area contributed by atoms with E-state index >= 15 is 0 Å². The molecule has 0 bridgehead atoms. The fraction of sp³-hybridized carbons (Fsp3) is 0.280. The molecular weight excluding hydrogens is 418 g/mol. The van der Waals surface area contributed by atoms with Crippen molar-refractivity contribution in [1.29, 1.82) is 0 Å². The number of rotatable bonds is 8. The van der Waals surface area contributed by atoms with Crippen LogP contribution >= 0.6 is 0 Å². The summed E-state index contributed by atoms with van der Waals surface area (Å²) >= 11 is 0. The summed E-state index contributed by atoms with van der Waals surface area (Å²) in [7, 11) is 1.84. The number of carboxylic acids is 1. The molecule has 0 saturated carbocycles. The molecule has 170 valence electrons. The van der Waals surface area contributed by atoms with E-state index in [4.69, 9.17) is 0 Å². The van der Waals surface area contributed by atoms with E-state index in [2.05, 4.69) is 26.7 Å². The number of aromatic nitrogens is 4. The molecule has 0 fully saturated rings. The lowest BCUT2D eigenvalue weighted by Gasteiger charge is -2.20. The smallest absolute Gasteiger partial charge is 0.304 e. The predicted octanol–water partition coefficient (Wildman–Crippen LogP) is 3.58. The van der Waals surface area contributed by atoms with Crippen molar-refractivity contribution in [2.45, 2.75) is 39.3 Å². The average Bonchev–Trinajstić information content (AvgIpc) is 3.17. The summed E-state index contributed by atoms with van der Waals surface area (Å²) in [6, 6.07) is 13.3. The molecule has 0 spiro atoms. The average molecular weight is 446 g/mol. The molecule has 4 rings (SSSR count). The van der Waals surface area contributed by atoms with Gasteiger partial charge in [0, 0.05) is 32.3 Å². The van der Waals surface area contributed by atoms with E-state index in [0.717, 1.165) is 38.9 Å². The normalized spacial score (nSPS) is 12.2. The summed E-state index contributed by atoms with van der Waals surface area (Å²) in [5, 5.41) is 31.3. The number of fused-ring (bicyclic) bond motifs is 1. The highest BCUT2D eigenvalue weighted by Crippen LogP contribution is 2.34. The van der Waals surface area contributed by atoms with Gasteiger partial charge in [-0.2, -0.15) is 0 Å². The first-order valence-electron chi connectivity index (χ1n) is 10.8. The van der Waals surface area contributed by atoms with Crippen molar-refractivity contribution in [2.24, 2.45) is 7.05 Å². The van der Waals surface area contributed by atoms with Crippen molar-refractivity contribution in [2.75, 3.05) is 0 Å². The lowest BCUT2D eigenvalue weighted by atomic mass is 9.84. The largest absolute Gasteiger partial charge is 0.506 e. The predicted molar refractivity (Wildman–Crippen MR) is 125 cm³/mol. The van der Waals surface area contributed by atoms with Gasteiger partial charge in [0.05, 0.1) is 17.6 Å². The van der Waals surface area contributed by atoms with Crippen LogP contribution in [0.2, 0.25) is 0 Å². The topological polar surface area (TPSA) is 113 Å². The molecule has 0 saturated heterocycles. The molecule has 2 heterocycles. The Kier molecular flexibility index (Phi) is 6.37. The first-order chi connectivity index (χ1) is 15.8. The Labute approximate surface area is 191 Å². The molecule has 8 nitrogen and oxygen atoms in total. The molecule has 2 aromatic carbocycles. The number of benzene rings is 2. The maximum absolute atomic E-state index is 11.8. The van der Waals surface area contributed by atoms with E-state index in [-0.39, 0.29) is 18.1 Å². The van der Waals surface area contributed by atoms with Gasteiger partial charge < -0.3 is 15.5 Å². The quantitative estimate of drug-likeness (QED) is 0.380. The Morgan fingerprint density at radius 1 is 1.15 bits per heavy atom. The van der Waals surface area contributed by atoms with E-state index < -0.39 is 5.97 Å². The summed E-state index contributed by atoms with van der Waals surface area (Å²) < 4.78 is 1.72. The number of aromatic hydroxyl groups is 1. The minimum atomic E-state index is -0.857. The number of nitrogens with zero attached hydrogens (tertiary/aromatic N) is 4. The van der Waals surface area contributed by atoms with Gasteiger partial charge >= 0.3 is 5.97 Å². The zero-order chi connectivity index (χ0) is 23.5. The summed E-state index contributed by atoms with van der Waals surface area (Å²) in [6.07, 6.45) is 1.62. The van der Waals surface area contributed by atoms with Crippen LogP contribution in [0.15, 0.2) is 48.7 Å². The molecule has 3 N–H and O–H groups in total. The van der Waals surface area contributed by atoms with Crippen molar-refractivity contribution in [3.05, 3.63) is 82.2 Å². The van der Waals surface area contributed by atoms with Gasteiger partial charge in [-0.05, 0) is 59.9 Å². The lowest BCUT2D eigenvalue weighted by Crippen LogP contribution is -2.15. The molecule has 8 heteroatoms. The fourth-order valence-electron chi connectivity index (χ4n) is 4.19. The summed E-state index contributed by atoms with van der Waals surface area (Å²) in [5.41, 5.74) is 7.27. The van der Waals surface area contributed by atoms with Crippen molar-refractivity contribution < 1.29 is 15.0 Å². The number of hydrogen-bond acceptors (Lipinski definition) is 6. The van der Waals surface area contributed by atoms with Crippen LogP contribution in [0.4, 0.5) is 0 Å². The molecule has 1 unspecified atom stereocenters. The second-order valence-corrected chi connectivity index (χ2v) is 8.27. The lowest BCUT2D eigenvalue weighted by molar-refractivity contribution is -0.137. The van der Waals surface area contributed by atoms with Crippen LogP contribution in [-0.4, -0.2) is 36.2 Å². The van der Waals surface area contributed by atoms with Crippen LogP contribution in [0, 0.1) is 13.8 Å². The molecule has 4 aromatic rings. The summed E-state index contributed by atoms with van der Waals surface area (Å²) in [4.78, 5) is 16.0. The van der Waals surface area contributed by atoms with Crippen LogP contribution in [0.25, 0.3) is 11.0 Å². The van der Waals surface area contributed by atoms with E-state index in [1.165, 1.54) is 0 Å². The minimum absolute atomic E-state index is 0.0235. The van der Waals surface area contributed by atoms with E-state index in [1.807, 2.05) is 45.2 Å². The summed E-state index contributed by atoms with van der Waals surface area (Å²) in [5.74, 6) is -1.01. The maximum Gasteiger partial charge on any atom is 0.304 e. The zero-order valence-corrected chi connectivity index (χ0v) is 18.9. The van der Waals surface area contributed by atoms with Gasteiger partial charge in [0.2, 0.25) is 0 Å². The van der Waals surface area contributed by atoms with E-state index in [0.29, 0.717) is 18.8 Å². The first kappa shape index (κ1) is 22.4. The first-order valence-corrected chi connectivity index (χ1v) is 10.8. The van der Waals surface area contributed by atoms with E-state index in [9.17, 15) is 15.0 Å². The molecule has 0 amide bonds. The van der Waals surface area contributed by atoms with E-state index in [1.54, 1.807) is 23.0 Å². The van der Waals surface area contributed by atoms with Gasteiger partial charge in [0.25, 0.3) is 0 Å². The monoisotopic (exact) mass is 445 g/mol. The maximum atomic E-state index is 11.8. The number of pyridine rings is 1. The highest BCUT2D eigenvalue weighted by Gasteiger charge is 2.22. The second kappa shape index (κ2) is 9.38. The van der Waals surface area contributed by atoms with Crippen LogP contribution in [-0.2, 0) is 24.9 Å². The van der Waals surface area contributed by atoms with Crippen molar-refractivity contribution >= 4 is 17.0 Å². The standard InChI is InChI=1S/C25H27N5O3/c1-15-6-7-17(11-18(15)13-26-14-21-23(31)5-4-10-27-21)20(12-24(32)33)19-8-9-22-25(16(19)2)28-29-30(22)3/h4-11,20,26,31H,12-14H2,1-3H3,(H,32,33). The zero-order valence-electron chi connectivity index (χ0n) is 18.9. The Bertz CT molecular complexity index is 1310. The van der Waals surface area contributed by atoms with Crippen LogP contribution in [0.1, 0.15) is 45.8 Å². The molecule has 1 atom stereocenters. The second-order valence-electron chi connectivity index (χ2n) is 8.27. The fourth-order valence-corrected chi connectivity index (χ4v) is 4.19. The van der Waals surface area contributed by atoms with Crippen molar-refractivity contribution in [3.63, 3.8) is 0 Å². The number of carboxylic acid groups (broad SMARTS) is 1. The van der Waals surface area contributed by atoms with Crippen LogP contribution in [0.5, 0.6) is 5.75 Å². The third kappa shape index (κ3) is 4.70. The molecule has 0 aliphatic carbocycles. The van der Waals surface area contributed by atoms with Gasteiger partial charge in [-0.25, -0.2) is 4.68 Å². The molecule has 0 aliphatic heterocycles. The molecule has 0 aliphatic rings. The highest BCUT2D eigenvalue weighted by molar-refractivity contribution is 5.80.